The van der Waals surface area contributed by atoms with Crippen LogP contribution in [0.15, 0.2) is 16.5 Å². The summed E-state index contributed by atoms with van der Waals surface area (Å²) < 4.78 is 40.0. The molecule has 12 heavy (non-hydrogen) atoms. The van der Waals surface area contributed by atoms with E-state index in [0.717, 1.165) is 12.1 Å². The van der Waals surface area contributed by atoms with Gasteiger partial charge in [0.1, 0.15) is 4.99 Å². The zero-order valence-corrected chi connectivity index (χ0v) is 6.50. The molecule has 0 aliphatic rings. The van der Waals surface area contributed by atoms with E-state index in [4.69, 9.17) is 5.73 Å². The summed E-state index contributed by atoms with van der Waals surface area (Å²) in [5.41, 5.74) is 5.04. The number of hydrogen-bond donors (Lipinski definition) is 1. The van der Waals surface area contributed by atoms with Crippen LogP contribution in [0.4, 0.5) is 13.2 Å². The van der Waals surface area contributed by atoms with Gasteiger partial charge in [-0.1, -0.05) is 12.2 Å². The molecule has 0 aromatic carbocycles. The smallest absolute Gasteiger partial charge is 0.449 e. The molecule has 1 aromatic heterocycles. The molecule has 0 saturated heterocycles. The molecule has 1 aromatic rings. The Hall–Kier alpha value is -1.04. The predicted molar refractivity (Wildman–Crippen MR) is 39.6 cm³/mol. The lowest BCUT2D eigenvalue weighted by Gasteiger charge is -1.99. The molecule has 0 radical (unpaired) electrons. The largest absolute Gasteiger partial charge is 0.449 e. The second-order valence-corrected chi connectivity index (χ2v) is 2.47. The summed E-state index contributed by atoms with van der Waals surface area (Å²) in [7, 11) is 0. The molecule has 0 saturated carbocycles. The minimum atomic E-state index is -4.48. The number of hydrogen-bond acceptors (Lipinski definition) is 2. The monoisotopic (exact) mass is 195 g/mol. The fourth-order valence-corrected chi connectivity index (χ4v) is 0.732. The third-order valence-electron chi connectivity index (χ3n) is 1.13. The molecule has 2 N–H and O–H groups in total. The molecule has 2 nitrogen and oxygen atoms in total. The van der Waals surface area contributed by atoms with Gasteiger partial charge in [-0.2, -0.15) is 13.2 Å². The van der Waals surface area contributed by atoms with Crippen molar-refractivity contribution in [1.29, 1.82) is 0 Å². The molecule has 66 valence electrons. The first-order valence-corrected chi connectivity index (χ1v) is 3.29. The van der Waals surface area contributed by atoms with Crippen LogP contribution in [-0.4, -0.2) is 4.99 Å². The van der Waals surface area contributed by atoms with Crippen molar-refractivity contribution in [3.05, 3.63) is 23.7 Å². The lowest BCUT2D eigenvalue weighted by Crippen LogP contribution is -2.08. The van der Waals surface area contributed by atoms with Gasteiger partial charge in [0.25, 0.3) is 0 Å². The summed E-state index contributed by atoms with van der Waals surface area (Å²) in [4.78, 5) is -0.189. The predicted octanol–water partition coefficient (Wildman–Crippen LogP) is 1.93. The van der Waals surface area contributed by atoms with Gasteiger partial charge in [0.2, 0.25) is 5.76 Å². The molecule has 1 rings (SSSR count). The number of furan rings is 1. The van der Waals surface area contributed by atoms with Crippen LogP contribution < -0.4 is 5.73 Å². The van der Waals surface area contributed by atoms with Crippen LogP contribution in [0.3, 0.4) is 0 Å². The average Bonchev–Trinajstić information content (AvgIpc) is 2.30. The van der Waals surface area contributed by atoms with Gasteiger partial charge >= 0.3 is 6.18 Å². The Morgan fingerprint density at radius 2 is 2.00 bits per heavy atom. The normalized spacial score (nSPS) is 11.6. The van der Waals surface area contributed by atoms with Gasteiger partial charge in [-0.3, -0.25) is 0 Å². The number of thiocarbonyl (C=S) groups is 1. The van der Waals surface area contributed by atoms with Gasteiger partial charge in [-0.05, 0) is 12.1 Å². The Balaban J connectivity index is 3.00. The topological polar surface area (TPSA) is 39.2 Å². The maximum atomic E-state index is 11.9. The standard InChI is InChI=1S/C6H4F3NOS/c7-6(8,9)4-2-1-3(11-4)5(10)12/h1-2H,(H2,10,12). The first kappa shape index (κ1) is 9.05. The molecule has 0 fully saturated rings. The zero-order valence-electron chi connectivity index (χ0n) is 5.68. The molecule has 0 amide bonds. The molecule has 6 heteroatoms. The van der Waals surface area contributed by atoms with Gasteiger partial charge in [-0.15, -0.1) is 0 Å². The molecular formula is C6H4F3NOS. The van der Waals surface area contributed by atoms with E-state index in [0.29, 0.717) is 0 Å². The maximum Gasteiger partial charge on any atom is 0.449 e. The summed E-state index contributed by atoms with van der Waals surface area (Å²) in [6, 6.07) is 1.87. The number of nitrogens with two attached hydrogens (primary N) is 1. The van der Waals surface area contributed by atoms with Gasteiger partial charge in [0.05, 0.1) is 0 Å². The molecule has 0 aliphatic carbocycles. The van der Waals surface area contributed by atoms with Crippen LogP contribution >= 0.6 is 12.2 Å². The van der Waals surface area contributed by atoms with Crippen molar-refractivity contribution in [3.63, 3.8) is 0 Å². The molecule has 0 aliphatic heterocycles. The van der Waals surface area contributed by atoms with Gasteiger partial charge in [-0.25, -0.2) is 0 Å². The Morgan fingerprint density at radius 1 is 1.42 bits per heavy atom. The molecule has 1 heterocycles. The van der Waals surface area contributed by atoms with Crippen molar-refractivity contribution < 1.29 is 17.6 Å². The Kier molecular flexibility index (Phi) is 2.10. The average molecular weight is 195 g/mol. The minimum Gasteiger partial charge on any atom is -0.449 e. The van der Waals surface area contributed by atoms with Gasteiger partial charge in [0, 0.05) is 0 Å². The second kappa shape index (κ2) is 2.78. The third kappa shape index (κ3) is 1.76. The Morgan fingerprint density at radius 3 is 2.25 bits per heavy atom. The van der Waals surface area contributed by atoms with Crippen molar-refractivity contribution in [3.8, 4) is 0 Å². The quantitative estimate of drug-likeness (QED) is 0.696. The molecule has 0 unspecified atom stereocenters. The van der Waals surface area contributed by atoms with Crippen LogP contribution in [0.25, 0.3) is 0 Å². The van der Waals surface area contributed by atoms with E-state index >= 15 is 0 Å². The highest BCUT2D eigenvalue weighted by molar-refractivity contribution is 7.80. The summed E-state index contributed by atoms with van der Waals surface area (Å²) in [5, 5.41) is 0. The first-order chi connectivity index (χ1) is 5.41. The van der Waals surface area contributed by atoms with Crippen LogP contribution in [0.2, 0.25) is 0 Å². The lowest BCUT2D eigenvalue weighted by molar-refractivity contribution is -0.153. The second-order valence-electron chi connectivity index (χ2n) is 2.03. The van der Waals surface area contributed by atoms with Crippen molar-refractivity contribution in [1.82, 2.24) is 0 Å². The highest BCUT2D eigenvalue weighted by atomic mass is 32.1. The number of rotatable bonds is 1. The van der Waals surface area contributed by atoms with Gasteiger partial charge < -0.3 is 10.2 Å². The number of halogens is 3. The van der Waals surface area contributed by atoms with Crippen LogP contribution in [-0.2, 0) is 6.18 Å². The third-order valence-corrected chi connectivity index (χ3v) is 1.33. The van der Waals surface area contributed by atoms with Crippen molar-refractivity contribution in [2.45, 2.75) is 6.18 Å². The van der Waals surface area contributed by atoms with E-state index in [1.54, 1.807) is 0 Å². The highest BCUT2D eigenvalue weighted by Crippen LogP contribution is 2.30. The van der Waals surface area contributed by atoms with Crippen LogP contribution in [0.5, 0.6) is 0 Å². The summed E-state index contributed by atoms with van der Waals surface area (Å²) >= 11 is 4.41. The Bertz CT molecular complexity index is 304. The summed E-state index contributed by atoms with van der Waals surface area (Å²) in [6.45, 7) is 0. The molecular weight excluding hydrogens is 191 g/mol. The van der Waals surface area contributed by atoms with E-state index in [9.17, 15) is 13.2 Å². The van der Waals surface area contributed by atoms with E-state index in [-0.39, 0.29) is 10.7 Å². The highest BCUT2D eigenvalue weighted by Gasteiger charge is 2.34. The molecule has 0 spiro atoms. The first-order valence-electron chi connectivity index (χ1n) is 2.88. The fourth-order valence-electron chi connectivity index (χ4n) is 0.623. The van der Waals surface area contributed by atoms with Crippen molar-refractivity contribution in [2.75, 3.05) is 0 Å². The van der Waals surface area contributed by atoms with Gasteiger partial charge in [0.15, 0.2) is 5.76 Å². The molecule has 0 bridgehead atoms. The zero-order chi connectivity index (χ0) is 9.35. The van der Waals surface area contributed by atoms with Crippen molar-refractivity contribution >= 4 is 17.2 Å². The Labute approximate surface area is 71.2 Å². The van der Waals surface area contributed by atoms with E-state index in [1.807, 2.05) is 0 Å². The lowest BCUT2D eigenvalue weighted by atomic mass is 10.4. The van der Waals surface area contributed by atoms with E-state index in [2.05, 4.69) is 16.6 Å². The number of alkyl halides is 3. The SMILES string of the molecule is NC(=S)c1ccc(C(F)(F)F)o1. The van der Waals surface area contributed by atoms with E-state index < -0.39 is 11.9 Å². The van der Waals surface area contributed by atoms with Crippen molar-refractivity contribution in [2.24, 2.45) is 5.73 Å². The minimum absolute atomic E-state index is 0.127. The van der Waals surface area contributed by atoms with E-state index in [1.165, 1.54) is 0 Å². The fraction of sp³-hybridized carbons (Fsp3) is 0.167. The van der Waals surface area contributed by atoms with Crippen LogP contribution in [0.1, 0.15) is 11.5 Å². The molecule has 0 atom stereocenters. The van der Waals surface area contributed by atoms with Crippen LogP contribution in [0, 0.1) is 0 Å². The summed E-state index contributed by atoms with van der Waals surface area (Å²) in [6.07, 6.45) is -4.48. The summed E-state index contributed by atoms with van der Waals surface area (Å²) in [5.74, 6) is -1.22. The maximum absolute atomic E-state index is 11.9.